The number of rotatable bonds is 5. The Balaban J connectivity index is 1.54. The van der Waals surface area contributed by atoms with Gasteiger partial charge in [-0.3, -0.25) is 14.4 Å². The van der Waals surface area contributed by atoms with E-state index in [4.69, 9.17) is 23.4 Å². The molecule has 0 amide bonds. The van der Waals surface area contributed by atoms with E-state index in [-0.39, 0.29) is 31.4 Å². The molecule has 0 aromatic carbocycles. The number of cyclic esters (lactones) is 1. The maximum atomic E-state index is 14.0. The van der Waals surface area contributed by atoms with Crippen LogP contribution in [0.25, 0.3) is 0 Å². The van der Waals surface area contributed by atoms with Gasteiger partial charge in [0.15, 0.2) is 17.5 Å². The molecule has 5 aliphatic rings. The fourth-order valence-corrected chi connectivity index (χ4v) is 9.07. The summed E-state index contributed by atoms with van der Waals surface area (Å²) in [5.41, 5.74) is -5.10. The van der Waals surface area contributed by atoms with Crippen LogP contribution < -0.4 is 0 Å². The number of aliphatic hydroxyl groups excluding tert-OH is 1. The van der Waals surface area contributed by atoms with Crippen LogP contribution in [-0.2, 0) is 38.1 Å². The van der Waals surface area contributed by atoms with Gasteiger partial charge in [0.25, 0.3) is 0 Å². The number of esters is 3. The Morgan fingerprint density at radius 1 is 1.16 bits per heavy atom. The SMILES string of the molecule is C=C1[C@@H]2[C@@H](O[C@H]3CC(=O)O[C@]4(C)COC(=O)C[C@@H]4[C@]32C)[C@H](OC(=O)[C@H](O)[C@H](C)CC)[C@@]2(C)[C@@H](c3ccoc3)CC(=O)[C@]12O. The molecule has 234 valence electrons. The van der Waals surface area contributed by atoms with Crippen LogP contribution in [0.5, 0.6) is 0 Å². The molecular formula is C32H40O11. The fraction of sp³-hybridized carbons (Fsp3) is 0.688. The Hall–Kier alpha value is -3.02. The molecule has 11 heteroatoms. The zero-order chi connectivity index (χ0) is 31.3. The van der Waals surface area contributed by atoms with Gasteiger partial charge in [0, 0.05) is 29.6 Å². The lowest BCUT2D eigenvalue weighted by Crippen LogP contribution is -2.68. The Bertz CT molecular complexity index is 1370. The number of carbonyl (C=O) groups is 4. The van der Waals surface area contributed by atoms with Crippen molar-refractivity contribution in [2.75, 3.05) is 6.61 Å². The molecule has 3 saturated heterocycles. The van der Waals surface area contributed by atoms with Crippen LogP contribution in [0.1, 0.15) is 71.8 Å². The molecule has 2 N–H and O–H groups in total. The van der Waals surface area contributed by atoms with Crippen molar-refractivity contribution in [1.82, 2.24) is 0 Å². The van der Waals surface area contributed by atoms with Crippen molar-refractivity contribution in [3.63, 3.8) is 0 Å². The number of hydrogen-bond donors (Lipinski definition) is 2. The quantitative estimate of drug-likeness (QED) is 0.291. The Kier molecular flexibility index (Phi) is 6.80. The van der Waals surface area contributed by atoms with Gasteiger partial charge in [0.1, 0.15) is 24.4 Å². The lowest BCUT2D eigenvalue weighted by atomic mass is 9.48. The Labute approximate surface area is 249 Å². The van der Waals surface area contributed by atoms with Gasteiger partial charge in [-0.05, 0) is 30.0 Å². The highest BCUT2D eigenvalue weighted by atomic mass is 16.6. The predicted octanol–water partition coefficient (Wildman–Crippen LogP) is 2.62. The first kappa shape index (κ1) is 30.0. The van der Waals surface area contributed by atoms with Crippen molar-refractivity contribution in [1.29, 1.82) is 0 Å². The third kappa shape index (κ3) is 3.83. The van der Waals surface area contributed by atoms with E-state index in [2.05, 4.69) is 6.58 Å². The van der Waals surface area contributed by atoms with Gasteiger partial charge in [-0.15, -0.1) is 0 Å². The molecule has 2 saturated carbocycles. The molecule has 1 aromatic heterocycles. The molecule has 12 atom stereocenters. The lowest BCUT2D eigenvalue weighted by molar-refractivity contribution is -0.216. The first-order valence-electron chi connectivity index (χ1n) is 15.0. The van der Waals surface area contributed by atoms with Crippen molar-refractivity contribution >= 4 is 23.7 Å². The third-order valence-corrected chi connectivity index (χ3v) is 11.7. The maximum Gasteiger partial charge on any atom is 0.335 e. The number of aliphatic hydroxyl groups is 2. The summed E-state index contributed by atoms with van der Waals surface area (Å²) in [4.78, 5) is 53.4. The minimum absolute atomic E-state index is 0.0812. The average Bonchev–Trinajstić information content (AvgIpc) is 3.63. The summed E-state index contributed by atoms with van der Waals surface area (Å²) in [5, 5.41) is 23.5. The summed E-state index contributed by atoms with van der Waals surface area (Å²) < 4.78 is 29.4. The van der Waals surface area contributed by atoms with Crippen LogP contribution in [0.15, 0.2) is 35.2 Å². The highest BCUT2D eigenvalue weighted by molar-refractivity contribution is 5.96. The van der Waals surface area contributed by atoms with Crippen LogP contribution in [0.4, 0.5) is 0 Å². The van der Waals surface area contributed by atoms with Crippen molar-refractivity contribution in [2.45, 2.75) is 102 Å². The average molecular weight is 601 g/mol. The molecular weight excluding hydrogens is 560 g/mol. The first-order valence-corrected chi connectivity index (χ1v) is 15.0. The number of hydrogen-bond acceptors (Lipinski definition) is 11. The van der Waals surface area contributed by atoms with E-state index in [0.29, 0.717) is 12.0 Å². The van der Waals surface area contributed by atoms with Gasteiger partial charge in [-0.1, -0.05) is 40.7 Å². The van der Waals surface area contributed by atoms with Gasteiger partial charge >= 0.3 is 17.9 Å². The van der Waals surface area contributed by atoms with Crippen LogP contribution in [0.3, 0.4) is 0 Å². The summed E-state index contributed by atoms with van der Waals surface area (Å²) in [7, 11) is 0. The number of carbonyl (C=O) groups excluding carboxylic acids is 4. The molecule has 0 bridgehead atoms. The second-order valence-electron chi connectivity index (χ2n) is 13.8. The van der Waals surface area contributed by atoms with Crippen LogP contribution in [-0.4, -0.2) is 76.1 Å². The molecule has 0 spiro atoms. The highest BCUT2D eigenvalue weighted by Gasteiger charge is 2.79. The van der Waals surface area contributed by atoms with Gasteiger partial charge < -0.3 is 33.6 Å². The summed E-state index contributed by atoms with van der Waals surface area (Å²) in [6.07, 6.45) is -1.35. The van der Waals surface area contributed by atoms with E-state index >= 15 is 0 Å². The molecule has 11 nitrogen and oxygen atoms in total. The molecule has 0 radical (unpaired) electrons. The van der Waals surface area contributed by atoms with Crippen LogP contribution in [0.2, 0.25) is 0 Å². The molecule has 1 aromatic rings. The molecule has 4 heterocycles. The largest absolute Gasteiger partial charge is 0.472 e. The van der Waals surface area contributed by atoms with E-state index in [1.54, 1.807) is 26.8 Å². The van der Waals surface area contributed by atoms with Crippen molar-refractivity contribution in [3.8, 4) is 0 Å². The third-order valence-electron chi connectivity index (χ3n) is 11.7. The van der Waals surface area contributed by atoms with Crippen molar-refractivity contribution < 1.29 is 52.8 Å². The second-order valence-corrected chi connectivity index (χ2v) is 13.8. The summed E-state index contributed by atoms with van der Waals surface area (Å²) in [5.74, 6) is -4.92. The molecule has 43 heavy (non-hydrogen) atoms. The number of fused-ring (bicyclic) bond motifs is 6. The van der Waals surface area contributed by atoms with E-state index in [9.17, 15) is 29.4 Å². The number of furan rings is 1. The van der Waals surface area contributed by atoms with Gasteiger partial charge in [0.05, 0.1) is 36.9 Å². The van der Waals surface area contributed by atoms with Crippen molar-refractivity contribution in [2.24, 2.45) is 28.6 Å². The van der Waals surface area contributed by atoms with Crippen molar-refractivity contribution in [3.05, 3.63) is 36.3 Å². The van der Waals surface area contributed by atoms with Gasteiger partial charge in [0.2, 0.25) is 0 Å². The zero-order valence-corrected chi connectivity index (χ0v) is 25.2. The topological polar surface area (TPSA) is 159 Å². The van der Waals surface area contributed by atoms with Crippen LogP contribution >= 0.6 is 0 Å². The number of Topliss-reactive ketones (excluding diaryl/α,β-unsaturated/α-hetero) is 1. The van der Waals surface area contributed by atoms with E-state index in [1.807, 2.05) is 13.8 Å². The highest BCUT2D eigenvalue weighted by Crippen LogP contribution is 2.70. The smallest absolute Gasteiger partial charge is 0.335 e. The van der Waals surface area contributed by atoms with E-state index in [0.717, 1.165) is 0 Å². The number of ketones is 1. The number of ether oxygens (including phenoxy) is 4. The molecule has 0 unspecified atom stereocenters. The van der Waals surface area contributed by atoms with E-state index < -0.39 is 93.8 Å². The first-order chi connectivity index (χ1) is 20.1. The minimum Gasteiger partial charge on any atom is -0.472 e. The summed E-state index contributed by atoms with van der Waals surface area (Å²) >= 11 is 0. The molecule has 3 aliphatic heterocycles. The van der Waals surface area contributed by atoms with Crippen LogP contribution in [0, 0.1) is 28.6 Å². The standard InChI is InChI=1S/C32H40O11/c1-7-15(2)25(36)28(37)42-27-26-24(16(3)32(38)20(33)10-18(31(27,32)6)17-8-9-39-13-17)30(5)19-11-22(34)40-14-29(19,4)43-23(35)12-21(30)41-26/h8-9,13,15,18-19,21,24-27,36,38H,3,7,10-12,14H2,1-2,4-6H3/t15-,18-,19+,21+,24-,25-,26-,27+,29-,30-,31-,32-/m1/s1. The molecule has 5 fully saturated rings. The Morgan fingerprint density at radius 2 is 1.88 bits per heavy atom. The molecule has 2 aliphatic carbocycles. The summed E-state index contributed by atoms with van der Waals surface area (Å²) in [6, 6.07) is 1.70. The Morgan fingerprint density at radius 3 is 2.53 bits per heavy atom. The van der Waals surface area contributed by atoms with Gasteiger partial charge in [-0.2, -0.15) is 0 Å². The summed E-state index contributed by atoms with van der Waals surface area (Å²) in [6.45, 7) is 13.0. The monoisotopic (exact) mass is 600 g/mol. The maximum absolute atomic E-state index is 14.0. The zero-order valence-electron chi connectivity index (χ0n) is 25.2. The normalized spacial score (nSPS) is 45.1. The lowest BCUT2D eigenvalue weighted by Gasteiger charge is -2.58. The predicted molar refractivity (Wildman–Crippen MR) is 147 cm³/mol. The second kappa shape index (κ2) is 9.74. The van der Waals surface area contributed by atoms with Gasteiger partial charge in [-0.25, -0.2) is 4.79 Å². The van der Waals surface area contributed by atoms with E-state index in [1.165, 1.54) is 12.5 Å². The molecule has 6 rings (SSSR count). The fourth-order valence-electron chi connectivity index (χ4n) is 9.07. The minimum atomic E-state index is -2.17.